The van der Waals surface area contributed by atoms with E-state index >= 15 is 0 Å². The summed E-state index contributed by atoms with van der Waals surface area (Å²) >= 11 is 0. The second-order valence-electron chi connectivity index (χ2n) is 8.50. The Labute approximate surface area is 155 Å². The number of aromatic hydroxyl groups is 2. The number of nitrogens with one attached hydrogen (secondary N) is 1. The molecular weight excluding hydrogens is 324 g/mol. The van der Waals surface area contributed by atoms with Crippen LogP contribution in [0, 0.1) is 0 Å². The first-order valence-corrected chi connectivity index (χ1v) is 9.10. The molecule has 2 aromatic rings. The second kappa shape index (κ2) is 6.76. The summed E-state index contributed by atoms with van der Waals surface area (Å²) in [7, 11) is 0. The lowest BCUT2D eigenvalue weighted by Gasteiger charge is -2.45. The van der Waals surface area contributed by atoms with Crippen molar-refractivity contribution in [1.29, 1.82) is 0 Å². The van der Waals surface area contributed by atoms with Gasteiger partial charge in [0.25, 0.3) is 0 Å². The highest BCUT2D eigenvalue weighted by Crippen LogP contribution is 2.32. The van der Waals surface area contributed by atoms with E-state index in [1.807, 2.05) is 30.3 Å². The zero-order valence-corrected chi connectivity index (χ0v) is 16.0. The van der Waals surface area contributed by atoms with Gasteiger partial charge in [0, 0.05) is 22.2 Å². The summed E-state index contributed by atoms with van der Waals surface area (Å²) in [6.45, 7) is 8.85. The average molecular weight is 352 g/mol. The van der Waals surface area contributed by atoms with E-state index in [9.17, 15) is 10.2 Å². The number of phenolic OH excluding ortho intramolecular Hbond substituents is 2. The summed E-state index contributed by atoms with van der Waals surface area (Å²) in [4.78, 5) is 5.12. The Balaban J connectivity index is 2.06. The summed E-state index contributed by atoms with van der Waals surface area (Å²) in [5.41, 5.74) is 2.68. The molecule has 1 aliphatic rings. The number of hydrogen-bond acceptors (Lipinski definition) is 4. The van der Waals surface area contributed by atoms with Crippen LogP contribution in [-0.2, 0) is 0 Å². The van der Waals surface area contributed by atoms with Crippen molar-refractivity contribution >= 4 is 5.71 Å². The maximum absolute atomic E-state index is 9.95. The van der Waals surface area contributed by atoms with Gasteiger partial charge in [0.2, 0.25) is 0 Å². The van der Waals surface area contributed by atoms with Crippen LogP contribution < -0.4 is 5.32 Å². The van der Waals surface area contributed by atoms with Gasteiger partial charge in [0.1, 0.15) is 0 Å². The zero-order chi connectivity index (χ0) is 18.9. The van der Waals surface area contributed by atoms with Gasteiger partial charge in [-0.05, 0) is 58.7 Å². The Kier molecular flexibility index (Phi) is 4.80. The van der Waals surface area contributed by atoms with Gasteiger partial charge in [-0.2, -0.15) is 0 Å². The first-order chi connectivity index (χ1) is 12.2. The molecule has 4 heteroatoms. The van der Waals surface area contributed by atoms with Crippen molar-refractivity contribution in [3.8, 4) is 11.5 Å². The quantitative estimate of drug-likeness (QED) is 0.572. The molecule has 2 aromatic carbocycles. The first-order valence-electron chi connectivity index (χ1n) is 9.10. The van der Waals surface area contributed by atoms with Gasteiger partial charge >= 0.3 is 0 Å². The van der Waals surface area contributed by atoms with Gasteiger partial charge in [-0.15, -0.1) is 0 Å². The van der Waals surface area contributed by atoms with Gasteiger partial charge in [-0.3, -0.25) is 4.99 Å². The fraction of sp³-hybridized carbons (Fsp3) is 0.409. The van der Waals surface area contributed by atoms with Crippen LogP contribution in [0.5, 0.6) is 11.5 Å². The largest absolute Gasteiger partial charge is 0.504 e. The van der Waals surface area contributed by atoms with Crippen molar-refractivity contribution < 1.29 is 10.2 Å². The predicted octanol–water partition coefficient (Wildman–Crippen LogP) is 4.24. The lowest BCUT2D eigenvalue weighted by molar-refractivity contribution is 0.164. The van der Waals surface area contributed by atoms with Gasteiger partial charge in [0.05, 0.1) is 11.8 Å². The number of rotatable bonds is 3. The third-order valence-corrected chi connectivity index (χ3v) is 4.78. The standard InChI is InChI=1S/C22H28N2O2/c1-21(2)13-17(14-22(3,4)24-21)23-20(15-8-6-5-7-9-15)16-10-11-18(25)19(26)12-16/h5-12,17,24-26H,13-14H2,1-4H3. The van der Waals surface area contributed by atoms with Crippen LogP contribution in [0.1, 0.15) is 51.7 Å². The van der Waals surface area contributed by atoms with Gasteiger partial charge < -0.3 is 15.5 Å². The number of benzene rings is 2. The summed E-state index contributed by atoms with van der Waals surface area (Å²) in [5, 5.41) is 23.3. The Morgan fingerprint density at radius 3 is 2.08 bits per heavy atom. The second-order valence-corrected chi connectivity index (χ2v) is 8.50. The molecule has 26 heavy (non-hydrogen) atoms. The fourth-order valence-corrected chi connectivity index (χ4v) is 4.12. The molecule has 0 amide bonds. The Hall–Kier alpha value is -2.33. The van der Waals surface area contributed by atoms with E-state index in [1.54, 1.807) is 12.1 Å². The molecule has 0 bridgehead atoms. The predicted molar refractivity (Wildman–Crippen MR) is 106 cm³/mol. The molecule has 0 atom stereocenters. The van der Waals surface area contributed by atoms with E-state index in [-0.39, 0.29) is 28.6 Å². The molecule has 0 aromatic heterocycles. The maximum Gasteiger partial charge on any atom is 0.158 e. The Morgan fingerprint density at radius 2 is 1.50 bits per heavy atom. The molecule has 0 spiro atoms. The number of aliphatic imine (C=N–C) groups is 1. The first kappa shape index (κ1) is 18.5. The van der Waals surface area contributed by atoms with Crippen molar-refractivity contribution in [2.45, 2.75) is 57.7 Å². The zero-order valence-electron chi connectivity index (χ0n) is 16.0. The minimum absolute atomic E-state index is 0.00874. The van der Waals surface area contributed by atoms with Crippen molar-refractivity contribution in [1.82, 2.24) is 5.32 Å². The number of piperidine rings is 1. The van der Waals surface area contributed by atoms with Crippen molar-refractivity contribution in [3.05, 3.63) is 59.7 Å². The highest BCUT2D eigenvalue weighted by atomic mass is 16.3. The molecule has 0 radical (unpaired) electrons. The van der Waals surface area contributed by atoms with E-state index in [0.29, 0.717) is 0 Å². The fourth-order valence-electron chi connectivity index (χ4n) is 4.12. The van der Waals surface area contributed by atoms with Gasteiger partial charge in [-0.25, -0.2) is 0 Å². The van der Waals surface area contributed by atoms with Crippen LogP contribution in [0.4, 0.5) is 0 Å². The summed E-state index contributed by atoms with van der Waals surface area (Å²) in [6.07, 6.45) is 1.88. The number of nitrogens with zero attached hydrogens (tertiary/aromatic N) is 1. The van der Waals surface area contributed by atoms with E-state index < -0.39 is 0 Å². The van der Waals surface area contributed by atoms with E-state index in [2.05, 4.69) is 33.0 Å². The molecule has 1 aliphatic heterocycles. The summed E-state index contributed by atoms with van der Waals surface area (Å²) < 4.78 is 0. The molecule has 1 heterocycles. The summed E-state index contributed by atoms with van der Waals surface area (Å²) in [6, 6.07) is 15.1. The van der Waals surface area contributed by atoms with Crippen LogP contribution in [0.15, 0.2) is 53.5 Å². The van der Waals surface area contributed by atoms with Crippen molar-refractivity contribution in [2.24, 2.45) is 4.99 Å². The van der Waals surface area contributed by atoms with E-state index in [4.69, 9.17) is 4.99 Å². The van der Waals surface area contributed by atoms with Gasteiger partial charge in [0.15, 0.2) is 11.5 Å². The monoisotopic (exact) mass is 352 g/mol. The van der Waals surface area contributed by atoms with E-state index in [1.165, 1.54) is 6.07 Å². The molecule has 0 aliphatic carbocycles. The number of phenols is 2. The smallest absolute Gasteiger partial charge is 0.158 e. The minimum Gasteiger partial charge on any atom is -0.504 e. The molecule has 1 fully saturated rings. The van der Waals surface area contributed by atoms with E-state index in [0.717, 1.165) is 29.7 Å². The van der Waals surface area contributed by atoms with Crippen molar-refractivity contribution in [2.75, 3.05) is 0 Å². The van der Waals surface area contributed by atoms with Crippen LogP contribution in [-0.4, -0.2) is 33.0 Å². The molecule has 3 N–H and O–H groups in total. The highest BCUT2D eigenvalue weighted by Gasteiger charge is 2.37. The highest BCUT2D eigenvalue weighted by molar-refractivity contribution is 6.13. The number of hydrogen-bond donors (Lipinski definition) is 3. The molecule has 3 rings (SSSR count). The van der Waals surface area contributed by atoms with Crippen LogP contribution >= 0.6 is 0 Å². The molecule has 4 nitrogen and oxygen atoms in total. The Morgan fingerprint density at radius 1 is 0.885 bits per heavy atom. The molecular formula is C22H28N2O2. The third kappa shape index (κ3) is 4.25. The lowest BCUT2D eigenvalue weighted by Crippen LogP contribution is -2.58. The Bertz CT molecular complexity index is 794. The average Bonchev–Trinajstić information content (AvgIpc) is 2.53. The van der Waals surface area contributed by atoms with Crippen molar-refractivity contribution in [3.63, 3.8) is 0 Å². The van der Waals surface area contributed by atoms with Crippen LogP contribution in [0.25, 0.3) is 0 Å². The van der Waals surface area contributed by atoms with Crippen LogP contribution in [0.3, 0.4) is 0 Å². The lowest BCUT2D eigenvalue weighted by atomic mass is 9.79. The maximum atomic E-state index is 9.95. The van der Waals surface area contributed by atoms with Gasteiger partial charge in [-0.1, -0.05) is 30.3 Å². The van der Waals surface area contributed by atoms with Crippen LogP contribution in [0.2, 0.25) is 0 Å². The molecule has 138 valence electrons. The molecule has 0 saturated carbocycles. The third-order valence-electron chi connectivity index (χ3n) is 4.78. The minimum atomic E-state index is -0.128. The molecule has 1 saturated heterocycles. The summed E-state index contributed by atoms with van der Waals surface area (Å²) in [5.74, 6) is -0.248. The normalized spacial score (nSPS) is 20.1. The topological polar surface area (TPSA) is 64.9 Å². The molecule has 0 unspecified atom stereocenters. The SMILES string of the molecule is CC1(C)CC(N=C(c2ccccc2)c2ccc(O)c(O)c2)CC(C)(C)N1.